The first kappa shape index (κ1) is 16.7. The van der Waals surface area contributed by atoms with Crippen molar-refractivity contribution in [2.24, 2.45) is 0 Å². The molecular formula is C17H19N5O3. The fraction of sp³-hybridized carbons (Fsp3) is 0.294. The fourth-order valence-corrected chi connectivity index (χ4v) is 2.63. The number of benzene rings is 1. The van der Waals surface area contributed by atoms with Crippen LogP contribution in [0.2, 0.25) is 0 Å². The lowest BCUT2D eigenvalue weighted by Crippen LogP contribution is -2.37. The van der Waals surface area contributed by atoms with E-state index in [4.69, 9.17) is 0 Å². The van der Waals surface area contributed by atoms with Crippen molar-refractivity contribution in [1.82, 2.24) is 25.3 Å². The van der Waals surface area contributed by atoms with Crippen molar-refractivity contribution in [3.8, 4) is 0 Å². The average molecular weight is 341 g/mol. The summed E-state index contributed by atoms with van der Waals surface area (Å²) in [6.07, 6.45) is 3.39. The fourth-order valence-electron chi connectivity index (χ4n) is 2.63. The van der Waals surface area contributed by atoms with Gasteiger partial charge in [0.1, 0.15) is 6.04 Å². The predicted octanol–water partition coefficient (Wildman–Crippen LogP) is 0.510. The Hall–Kier alpha value is -3.16. The topological polar surface area (TPSA) is 96.3 Å². The number of rotatable bonds is 7. The Labute approximate surface area is 144 Å². The number of carbonyl (C=O) groups is 3. The SMILES string of the molecule is O=C(C[C@@H]1NC(=O)N(Cc2ccccc2)C1=O)NCCn1cccn1. The van der Waals surface area contributed by atoms with E-state index in [1.54, 1.807) is 23.1 Å². The largest absolute Gasteiger partial charge is 0.354 e. The van der Waals surface area contributed by atoms with E-state index in [1.165, 1.54) is 0 Å². The Kier molecular flexibility index (Phi) is 5.08. The highest BCUT2D eigenvalue weighted by atomic mass is 16.2. The standard InChI is InChI=1S/C17H19N5O3/c23-15(18-8-10-21-9-4-7-19-21)11-14-16(24)22(17(25)20-14)12-13-5-2-1-3-6-13/h1-7,9,14H,8,10-12H2,(H,18,23)(H,20,25)/t14-/m0/s1. The molecule has 0 saturated carbocycles. The monoisotopic (exact) mass is 341 g/mol. The third-order valence-corrected chi connectivity index (χ3v) is 3.90. The zero-order valence-electron chi connectivity index (χ0n) is 13.6. The molecule has 0 spiro atoms. The van der Waals surface area contributed by atoms with E-state index in [0.717, 1.165) is 10.5 Å². The molecule has 1 atom stereocenters. The molecule has 130 valence electrons. The van der Waals surface area contributed by atoms with Crippen LogP contribution in [0.5, 0.6) is 0 Å². The molecule has 2 N–H and O–H groups in total. The molecule has 2 heterocycles. The molecule has 0 unspecified atom stereocenters. The minimum absolute atomic E-state index is 0.0744. The van der Waals surface area contributed by atoms with Gasteiger partial charge in [0.15, 0.2) is 0 Å². The lowest BCUT2D eigenvalue weighted by Gasteiger charge is -2.13. The Morgan fingerprint density at radius 3 is 2.72 bits per heavy atom. The highest BCUT2D eigenvalue weighted by Crippen LogP contribution is 2.13. The van der Waals surface area contributed by atoms with Gasteiger partial charge in [-0.05, 0) is 11.6 Å². The van der Waals surface area contributed by atoms with Crippen molar-refractivity contribution in [3.63, 3.8) is 0 Å². The molecule has 4 amide bonds. The summed E-state index contributed by atoms with van der Waals surface area (Å²) in [7, 11) is 0. The van der Waals surface area contributed by atoms with Crippen molar-refractivity contribution < 1.29 is 14.4 Å². The van der Waals surface area contributed by atoms with E-state index >= 15 is 0 Å². The van der Waals surface area contributed by atoms with Crippen molar-refractivity contribution in [2.75, 3.05) is 6.54 Å². The number of carbonyl (C=O) groups excluding carboxylic acids is 3. The molecule has 1 aromatic carbocycles. The second kappa shape index (κ2) is 7.61. The van der Waals surface area contributed by atoms with E-state index < -0.39 is 12.1 Å². The molecular weight excluding hydrogens is 322 g/mol. The molecule has 8 heteroatoms. The van der Waals surface area contributed by atoms with Crippen molar-refractivity contribution >= 4 is 17.8 Å². The highest BCUT2D eigenvalue weighted by molar-refractivity contribution is 6.05. The zero-order chi connectivity index (χ0) is 17.6. The average Bonchev–Trinajstić information content (AvgIpc) is 3.20. The van der Waals surface area contributed by atoms with Gasteiger partial charge in [0.2, 0.25) is 5.91 Å². The number of nitrogens with one attached hydrogen (secondary N) is 2. The number of aromatic nitrogens is 2. The summed E-state index contributed by atoms with van der Waals surface area (Å²) in [5.41, 5.74) is 0.857. The minimum Gasteiger partial charge on any atom is -0.354 e. The molecule has 25 heavy (non-hydrogen) atoms. The number of urea groups is 1. The predicted molar refractivity (Wildman–Crippen MR) is 89.2 cm³/mol. The van der Waals surface area contributed by atoms with Crippen LogP contribution in [0.4, 0.5) is 4.79 Å². The van der Waals surface area contributed by atoms with Gasteiger partial charge in [-0.1, -0.05) is 30.3 Å². The van der Waals surface area contributed by atoms with E-state index in [-0.39, 0.29) is 24.8 Å². The Morgan fingerprint density at radius 1 is 1.20 bits per heavy atom. The molecule has 0 aliphatic carbocycles. The lowest BCUT2D eigenvalue weighted by molar-refractivity contribution is -0.131. The molecule has 1 aliphatic rings. The molecule has 3 rings (SSSR count). The van der Waals surface area contributed by atoms with Crippen LogP contribution in [-0.4, -0.2) is 45.1 Å². The van der Waals surface area contributed by atoms with Crippen molar-refractivity contribution in [3.05, 3.63) is 54.4 Å². The molecule has 1 aliphatic heterocycles. The summed E-state index contributed by atoms with van der Waals surface area (Å²) in [6, 6.07) is 9.76. The zero-order valence-corrected chi connectivity index (χ0v) is 13.6. The van der Waals surface area contributed by atoms with Crippen molar-refractivity contribution in [2.45, 2.75) is 25.6 Å². The molecule has 1 fully saturated rings. The summed E-state index contributed by atoms with van der Waals surface area (Å²) in [5.74, 6) is -0.663. The third kappa shape index (κ3) is 4.23. The first-order chi connectivity index (χ1) is 12.1. The second-order valence-electron chi connectivity index (χ2n) is 5.74. The number of hydrogen-bond donors (Lipinski definition) is 2. The smallest absolute Gasteiger partial charge is 0.325 e. The van der Waals surface area contributed by atoms with E-state index in [9.17, 15) is 14.4 Å². The van der Waals surface area contributed by atoms with Crippen LogP contribution in [-0.2, 0) is 22.7 Å². The van der Waals surface area contributed by atoms with Crippen molar-refractivity contribution in [1.29, 1.82) is 0 Å². The maximum atomic E-state index is 12.4. The quantitative estimate of drug-likeness (QED) is 0.717. The second-order valence-corrected chi connectivity index (χ2v) is 5.74. The van der Waals surface area contributed by atoms with Gasteiger partial charge >= 0.3 is 6.03 Å². The summed E-state index contributed by atoms with van der Waals surface area (Å²) in [4.78, 5) is 37.5. The lowest BCUT2D eigenvalue weighted by atomic mass is 10.2. The number of imide groups is 1. The van der Waals surface area contributed by atoms with E-state index in [2.05, 4.69) is 15.7 Å². The normalized spacial score (nSPS) is 16.8. The van der Waals surface area contributed by atoms with Gasteiger partial charge in [-0.25, -0.2) is 4.79 Å². The summed E-state index contributed by atoms with van der Waals surface area (Å²) >= 11 is 0. The molecule has 0 bridgehead atoms. The van der Waals surface area contributed by atoms with Crippen LogP contribution in [0.25, 0.3) is 0 Å². The van der Waals surface area contributed by atoms with E-state index in [1.807, 2.05) is 30.3 Å². The Bertz CT molecular complexity index is 745. The van der Waals surface area contributed by atoms with Crippen LogP contribution < -0.4 is 10.6 Å². The van der Waals surface area contributed by atoms with Gasteiger partial charge in [0, 0.05) is 18.9 Å². The minimum atomic E-state index is -0.819. The third-order valence-electron chi connectivity index (χ3n) is 3.90. The van der Waals surface area contributed by atoms with Crippen LogP contribution in [0.15, 0.2) is 48.8 Å². The number of nitrogens with zero attached hydrogens (tertiary/aromatic N) is 3. The Morgan fingerprint density at radius 2 is 2.00 bits per heavy atom. The molecule has 2 aromatic rings. The van der Waals surface area contributed by atoms with Gasteiger partial charge < -0.3 is 10.6 Å². The van der Waals surface area contributed by atoms with Gasteiger partial charge in [-0.2, -0.15) is 5.10 Å². The highest BCUT2D eigenvalue weighted by Gasteiger charge is 2.38. The van der Waals surface area contributed by atoms with Crippen LogP contribution in [0.3, 0.4) is 0 Å². The summed E-state index contributed by atoms with van der Waals surface area (Å²) in [5, 5.41) is 9.33. The van der Waals surface area contributed by atoms with Gasteiger partial charge in [0.05, 0.1) is 19.5 Å². The molecule has 1 aromatic heterocycles. The maximum Gasteiger partial charge on any atom is 0.325 e. The first-order valence-corrected chi connectivity index (χ1v) is 8.03. The Balaban J connectivity index is 1.48. The summed E-state index contributed by atoms with van der Waals surface area (Å²) < 4.78 is 1.70. The van der Waals surface area contributed by atoms with Gasteiger partial charge in [0.25, 0.3) is 5.91 Å². The summed E-state index contributed by atoms with van der Waals surface area (Å²) in [6.45, 7) is 1.15. The maximum absolute atomic E-state index is 12.4. The van der Waals surface area contributed by atoms with Crippen LogP contribution in [0, 0.1) is 0 Å². The van der Waals surface area contributed by atoms with E-state index in [0.29, 0.717) is 13.1 Å². The molecule has 8 nitrogen and oxygen atoms in total. The number of hydrogen-bond acceptors (Lipinski definition) is 4. The molecule has 0 radical (unpaired) electrons. The molecule has 1 saturated heterocycles. The first-order valence-electron chi connectivity index (χ1n) is 8.03. The van der Waals surface area contributed by atoms with Crippen LogP contribution >= 0.6 is 0 Å². The number of amides is 4. The van der Waals surface area contributed by atoms with Crippen LogP contribution in [0.1, 0.15) is 12.0 Å². The van der Waals surface area contributed by atoms with Gasteiger partial charge in [-0.3, -0.25) is 19.2 Å². The van der Waals surface area contributed by atoms with Gasteiger partial charge in [-0.15, -0.1) is 0 Å².